The van der Waals surface area contributed by atoms with Crippen molar-refractivity contribution >= 4 is 0 Å². The highest BCUT2D eigenvalue weighted by atomic mass is 15.1. The maximum absolute atomic E-state index is 8.78. The van der Waals surface area contributed by atoms with E-state index in [2.05, 4.69) is 36.9 Å². The normalized spacial score (nSPS) is 50.1. The molecule has 0 N–H and O–H groups in total. The average Bonchev–Trinajstić information content (AvgIpc) is 2.92. The molecule has 7 atom stereocenters. The molecule has 3 heteroatoms. The Morgan fingerprint density at radius 1 is 1.17 bits per heavy atom. The lowest BCUT2D eigenvalue weighted by molar-refractivity contribution is -0.0424. The third kappa shape index (κ3) is 2.20. The van der Waals surface area contributed by atoms with Crippen LogP contribution in [0, 0.1) is 34.5 Å². The minimum Gasteiger partial charge on any atom is -0.0903 e. The van der Waals surface area contributed by atoms with Crippen LogP contribution >= 0.6 is 0 Å². The van der Waals surface area contributed by atoms with Gasteiger partial charge in [-0.3, -0.25) is 0 Å². The second kappa shape index (κ2) is 5.80. The van der Waals surface area contributed by atoms with Crippen LogP contribution < -0.4 is 0 Å². The lowest BCUT2D eigenvalue weighted by Gasteiger charge is -2.58. The topological polar surface area (TPSA) is 48.8 Å². The summed E-state index contributed by atoms with van der Waals surface area (Å²) < 4.78 is 0. The van der Waals surface area contributed by atoms with Gasteiger partial charge < -0.3 is 0 Å². The molecule has 0 amide bonds. The van der Waals surface area contributed by atoms with Gasteiger partial charge >= 0.3 is 0 Å². The van der Waals surface area contributed by atoms with Crippen LogP contribution in [0.25, 0.3) is 10.4 Å². The largest absolute Gasteiger partial charge is 0.0903 e. The number of azide groups is 1. The molecule has 4 aliphatic rings. The van der Waals surface area contributed by atoms with E-state index >= 15 is 0 Å². The van der Waals surface area contributed by atoms with E-state index in [9.17, 15) is 0 Å². The van der Waals surface area contributed by atoms with Crippen molar-refractivity contribution in [2.24, 2.45) is 39.6 Å². The van der Waals surface area contributed by atoms with Gasteiger partial charge in [0.05, 0.1) is 0 Å². The summed E-state index contributed by atoms with van der Waals surface area (Å²) in [7, 11) is 0. The number of rotatable bonds is 2. The quantitative estimate of drug-likeness (QED) is 0.236. The van der Waals surface area contributed by atoms with Crippen molar-refractivity contribution in [3.05, 3.63) is 22.1 Å². The van der Waals surface area contributed by atoms with Gasteiger partial charge in [0.1, 0.15) is 0 Å². The number of fused-ring (bicyclic) bond motifs is 5. The van der Waals surface area contributed by atoms with Gasteiger partial charge in [0, 0.05) is 11.0 Å². The van der Waals surface area contributed by atoms with E-state index in [0.717, 1.165) is 36.5 Å². The van der Waals surface area contributed by atoms with E-state index in [1.165, 1.54) is 44.9 Å². The molecule has 0 radical (unpaired) electrons. The minimum atomic E-state index is 0.204. The second-order valence-corrected chi connectivity index (χ2v) is 9.59. The van der Waals surface area contributed by atoms with Crippen LogP contribution in [0.3, 0.4) is 0 Å². The molecule has 0 spiro atoms. The van der Waals surface area contributed by atoms with Crippen LogP contribution in [0.15, 0.2) is 16.8 Å². The van der Waals surface area contributed by atoms with Crippen LogP contribution in [0.5, 0.6) is 0 Å². The first-order valence-electron chi connectivity index (χ1n) is 10.3. The fraction of sp³-hybridized carbons (Fsp3) is 0.905. The molecule has 0 unspecified atom stereocenters. The monoisotopic (exact) mass is 327 g/mol. The van der Waals surface area contributed by atoms with E-state index in [0.29, 0.717) is 10.8 Å². The zero-order valence-corrected chi connectivity index (χ0v) is 15.7. The van der Waals surface area contributed by atoms with Crippen LogP contribution in [-0.4, -0.2) is 6.04 Å². The highest BCUT2D eigenvalue weighted by molar-refractivity contribution is 5.25. The third-order valence-electron chi connectivity index (χ3n) is 8.98. The van der Waals surface area contributed by atoms with E-state index in [1.807, 2.05) is 0 Å². The summed E-state index contributed by atoms with van der Waals surface area (Å²) in [5.41, 5.74) is 11.4. The van der Waals surface area contributed by atoms with Gasteiger partial charge in [0.25, 0.3) is 0 Å². The molecule has 132 valence electrons. The van der Waals surface area contributed by atoms with Gasteiger partial charge in [-0.1, -0.05) is 44.0 Å². The number of hydrogen-bond acceptors (Lipinski definition) is 1. The summed E-state index contributed by atoms with van der Waals surface area (Å²) in [6.45, 7) is 7.56. The van der Waals surface area contributed by atoms with Crippen molar-refractivity contribution in [2.75, 3.05) is 0 Å². The summed E-state index contributed by atoms with van der Waals surface area (Å²) in [5.74, 6) is 3.69. The lowest BCUT2D eigenvalue weighted by Crippen LogP contribution is -2.50. The fourth-order valence-electron chi connectivity index (χ4n) is 7.59. The van der Waals surface area contributed by atoms with Crippen molar-refractivity contribution in [3.63, 3.8) is 0 Å². The standard InChI is InChI=1S/C21H33N3/c1-4-14-6-8-18-17-7-5-15-13-16(23-24-22)9-11-21(15,3)19(17)10-12-20(14,18)2/h5,14,16-19H,4,6-13H2,1-3H3/t14-,16+,17-,18-,19-,20+,21-/m0/s1. The molecule has 0 bridgehead atoms. The molecule has 24 heavy (non-hydrogen) atoms. The van der Waals surface area contributed by atoms with Gasteiger partial charge in [0.2, 0.25) is 0 Å². The highest BCUT2D eigenvalue weighted by Crippen LogP contribution is 2.66. The first-order valence-corrected chi connectivity index (χ1v) is 10.3. The van der Waals surface area contributed by atoms with Crippen LogP contribution in [0.2, 0.25) is 0 Å². The fourth-order valence-corrected chi connectivity index (χ4v) is 7.59. The van der Waals surface area contributed by atoms with Crippen molar-refractivity contribution in [3.8, 4) is 0 Å². The molecule has 3 saturated carbocycles. The van der Waals surface area contributed by atoms with E-state index in [-0.39, 0.29) is 6.04 Å². The van der Waals surface area contributed by atoms with Crippen molar-refractivity contribution < 1.29 is 0 Å². The average molecular weight is 328 g/mol. The Morgan fingerprint density at radius 2 is 2.00 bits per heavy atom. The van der Waals surface area contributed by atoms with Crippen LogP contribution in [0.4, 0.5) is 0 Å². The molecule has 3 nitrogen and oxygen atoms in total. The SMILES string of the molecule is CC[C@H]1CC[C@H]2[C@@H]3CC=C4C[C@H](N=[N+]=[N-])CC[C@]4(C)[C@H]3CC[C@]12C. The van der Waals surface area contributed by atoms with Crippen molar-refractivity contribution in [1.82, 2.24) is 0 Å². The Bertz CT molecular complexity index is 590. The van der Waals surface area contributed by atoms with Gasteiger partial charge in [-0.2, -0.15) is 0 Å². The maximum atomic E-state index is 8.78. The molecular formula is C21H33N3. The molecule has 4 aliphatic carbocycles. The molecule has 0 aromatic carbocycles. The molecule has 0 aliphatic heterocycles. The lowest BCUT2D eigenvalue weighted by atomic mass is 9.47. The first-order chi connectivity index (χ1) is 11.5. The van der Waals surface area contributed by atoms with Gasteiger partial charge in [0.15, 0.2) is 0 Å². The van der Waals surface area contributed by atoms with Crippen LogP contribution in [-0.2, 0) is 0 Å². The van der Waals surface area contributed by atoms with Gasteiger partial charge in [-0.25, -0.2) is 0 Å². The summed E-state index contributed by atoms with van der Waals surface area (Å²) in [6.07, 6.45) is 14.4. The summed E-state index contributed by atoms with van der Waals surface area (Å²) >= 11 is 0. The van der Waals surface area contributed by atoms with Crippen LogP contribution in [0.1, 0.15) is 78.6 Å². The van der Waals surface area contributed by atoms with E-state index < -0.39 is 0 Å². The van der Waals surface area contributed by atoms with Gasteiger partial charge in [-0.15, -0.1) is 0 Å². The molecule has 0 saturated heterocycles. The Balaban J connectivity index is 1.62. The first kappa shape index (κ1) is 16.5. The number of hydrogen-bond donors (Lipinski definition) is 0. The van der Waals surface area contributed by atoms with Crippen molar-refractivity contribution in [2.45, 2.75) is 84.6 Å². The van der Waals surface area contributed by atoms with Crippen molar-refractivity contribution in [1.29, 1.82) is 0 Å². The summed E-state index contributed by atoms with van der Waals surface area (Å²) in [4.78, 5) is 3.07. The number of allylic oxidation sites excluding steroid dienone is 1. The summed E-state index contributed by atoms with van der Waals surface area (Å²) in [6, 6.07) is 0.204. The van der Waals surface area contributed by atoms with E-state index in [4.69, 9.17) is 5.53 Å². The Kier molecular flexibility index (Phi) is 3.99. The summed E-state index contributed by atoms with van der Waals surface area (Å²) in [5, 5.41) is 4.03. The van der Waals surface area contributed by atoms with E-state index in [1.54, 1.807) is 5.57 Å². The molecule has 0 aromatic rings. The molecule has 0 aromatic heterocycles. The molecule has 3 fully saturated rings. The predicted molar refractivity (Wildman–Crippen MR) is 98.4 cm³/mol. The minimum absolute atomic E-state index is 0.204. The number of nitrogens with zero attached hydrogens (tertiary/aromatic N) is 3. The highest BCUT2D eigenvalue weighted by Gasteiger charge is 2.57. The predicted octanol–water partition coefficient (Wildman–Crippen LogP) is 6.65. The third-order valence-corrected chi connectivity index (χ3v) is 8.98. The Labute approximate surface area is 146 Å². The molecule has 4 rings (SSSR count). The zero-order valence-electron chi connectivity index (χ0n) is 15.7. The molecular weight excluding hydrogens is 294 g/mol. The smallest absolute Gasteiger partial charge is 0.0411 e. The Hall–Kier alpha value is -0.950. The van der Waals surface area contributed by atoms with Gasteiger partial charge in [-0.05, 0) is 91.4 Å². The molecule has 0 heterocycles. The Morgan fingerprint density at radius 3 is 2.75 bits per heavy atom. The second-order valence-electron chi connectivity index (χ2n) is 9.59. The zero-order chi connectivity index (χ0) is 16.9. The maximum Gasteiger partial charge on any atom is 0.0411 e.